The standard InChI is InChI=1S/C50H76N2O64S16.14Na/c53-33(51-25-13-17-27(18-14-25)117-49-45(115-131(91,92)93)39(109-125(73,74)75)35(29(103-49)21-97-119(55,56)57)105-47-43(113-129(85,86)87)41(111-127(79,80)81)37(107-123(67,68)69)31(101-47)23-99-121(61,62)63)11-9-7-5-3-1-2-4-6-8-10-12-34(54)52-26-15-19-28(20-16-26)118-50-46(116-132(94,95)96)40(110-126(76,77)78)36(30(104-50)22-98-120(58,59)60)106-48-44(114-130(88,89)90)42(112-128(82,83)84)38(108-124(70,71)72)32(102-48)24-100-122(64,65)66;;;;;;;;;;;;;;/h13-20,29-32,35-50H,1-12,21-24H2,(H,51,53)(H,52,54)(H,55,56,57)(H,58,59,60)(H,61,62,63)(H,64,65,66)(H,67,68,69)(H,70,71,72)(H,73,74,75)(H,76,77,78)(H,79,80,81)(H,82,83,84)(H,85,86,87)(H,88,89,90)(H,91,92,93)(H,94,95,96);;;;;;;;;;;;;;/q;14*+1/p-14/t29-,30-,31-,32-,35-,36-,37-,38-,39+,40+,41+,42+,43-,44-,45-,46-,47-,48-,49+,50+;;;;;;;;;;;;;;/m1............../s1. The quantitative estimate of drug-likeness (QED) is 0.0269. The van der Waals surface area contributed by atoms with Crippen LogP contribution in [-0.4, -0.2) is 341 Å². The summed E-state index contributed by atoms with van der Waals surface area (Å²) in [6.45, 7) is -7.97. The number of benzene rings is 2. The maximum Gasteiger partial charge on any atom is 1.00 e. The Morgan fingerprint density at radius 1 is 0.233 bits per heavy atom. The van der Waals surface area contributed by atoms with Gasteiger partial charge < -0.3 is 103 Å². The van der Waals surface area contributed by atoms with Crippen molar-refractivity contribution in [2.24, 2.45) is 0 Å². The molecule has 0 aliphatic carbocycles. The molecule has 4 fully saturated rings. The van der Waals surface area contributed by atoms with Crippen molar-refractivity contribution < 1.29 is 692 Å². The molecule has 96 heteroatoms. The van der Waals surface area contributed by atoms with E-state index in [-0.39, 0.29) is 471 Å². The molecular formula is C50H62N2Na14O64S16. The van der Waals surface area contributed by atoms with Crippen LogP contribution in [0.3, 0.4) is 0 Å². The minimum atomic E-state index is -6.56. The van der Waals surface area contributed by atoms with Gasteiger partial charge in [0.1, 0.15) is 96.3 Å². The van der Waals surface area contributed by atoms with E-state index >= 15 is 0 Å². The summed E-state index contributed by atoms with van der Waals surface area (Å²) in [6, 6.07) is 8.84. The Bertz CT molecular complexity index is 5680. The number of unbranched alkanes of at least 4 members (excludes halogenated alkanes) is 9. The predicted octanol–water partition coefficient (Wildman–Crippen LogP) is -50.8. The fourth-order valence-electron chi connectivity index (χ4n) is 12.1. The van der Waals surface area contributed by atoms with Gasteiger partial charge in [0.25, 0.3) is 0 Å². The molecule has 0 aromatic heterocycles. The largest absolute Gasteiger partial charge is 1.00 e. The third kappa shape index (κ3) is 72.5. The van der Waals surface area contributed by atoms with E-state index in [0.717, 1.165) is 48.5 Å². The van der Waals surface area contributed by atoms with Gasteiger partial charge in [0.05, 0.1) is 26.4 Å². The summed E-state index contributed by atoms with van der Waals surface area (Å²) >= 11 is 0.249. The zero-order chi connectivity index (χ0) is 100.0. The first kappa shape index (κ1) is 173. The predicted molar refractivity (Wildman–Crippen MR) is 390 cm³/mol. The van der Waals surface area contributed by atoms with E-state index in [2.05, 4.69) is 69.2 Å². The van der Waals surface area contributed by atoms with E-state index in [1.807, 2.05) is 0 Å². The average Bonchev–Trinajstić information content (AvgIpc) is 0.754. The third-order valence-corrected chi connectivity index (χ3v) is 25.2. The Morgan fingerprint density at radius 3 is 0.616 bits per heavy atom. The molecule has 2 amide bonds. The fourth-order valence-corrected chi connectivity index (χ4v) is 20.5. The van der Waals surface area contributed by atoms with Crippen molar-refractivity contribution in [1.29, 1.82) is 0 Å². The molecule has 4 heterocycles. The summed E-state index contributed by atoms with van der Waals surface area (Å²) in [7, 11) is -89.0. The van der Waals surface area contributed by atoms with Crippen molar-refractivity contribution >= 4 is 192 Å². The Labute approximate surface area is 1160 Å². The zero-order valence-electron chi connectivity index (χ0n) is 78.1. The SMILES string of the molecule is O=C(CCCCCCCCCCCCC(=O)Nc1ccc(S[C@@H]2O[C@H](COS(=O)(=O)[O-])[C@@H](O[C@H]3O[C@H](COS(=O)(=O)[O-])[C@@H](OS(=O)(=O)[O-])[C@H](OS(=O)(=O)[O-])[C@H]3OS(=O)(=O)[O-])[C@H](OS(=O)(=O)[O-])[C@H]2OS(=O)(=O)[O-])cc1)Nc1ccc(S[C@@H]2O[C@H](COS(=O)(=O)[O-])[C@@H](O[C@H]3O[C@H](COS(=O)(=O)[O-])[C@@H](OS(=O)(=O)[O-])[C@H](OS(=O)(=O)[O-])[C@H]3OS(=O)(=O)[O-])[C@H](OS(=O)(=O)[O-])[C@H]2OS(=O)(=O)[O-])cc1.[Na+].[Na+].[Na+].[Na+].[Na+].[Na+].[Na+].[Na+].[Na+].[Na+].[Na+].[Na+].[Na+].[Na+]. The molecule has 0 saturated carbocycles. The maximum absolute atomic E-state index is 13.0. The Hall–Kier alpha value is 10.0. The number of hydrogen-bond donors (Lipinski definition) is 2. The Balaban J connectivity index is -0.00000192. The summed E-state index contributed by atoms with van der Waals surface area (Å²) in [5.41, 5.74) is -4.86. The van der Waals surface area contributed by atoms with E-state index in [1.54, 1.807) is 0 Å². The van der Waals surface area contributed by atoms with Crippen LogP contribution in [0.15, 0.2) is 58.3 Å². The first-order valence-corrected chi connectivity index (χ1v) is 55.2. The third-order valence-electron chi connectivity index (χ3n) is 16.6. The van der Waals surface area contributed by atoms with Crippen LogP contribution in [0.4, 0.5) is 11.4 Å². The molecule has 0 unspecified atom stereocenters. The van der Waals surface area contributed by atoms with Crippen LogP contribution in [0.2, 0.25) is 0 Å². The Morgan fingerprint density at radius 2 is 0.411 bits per heavy atom. The van der Waals surface area contributed by atoms with E-state index in [1.165, 1.54) is 0 Å². The van der Waals surface area contributed by atoms with Gasteiger partial charge in [-0.3, -0.25) is 68.2 Å². The van der Waals surface area contributed by atoms with Gasteiger partial charge in [0, 0.05) is 34.0 Å². The molecule has 4 aliphatic rings. The van der Waals surface area contributed by atoms with Crippen molar-refractivity contribution in [3.63, 3.8) is 0 Å². The van der Waals surface area contributed by atoms with Gasteiger partial charge in [-0.1, -0.05) is 74.9 Å². The molecule has 2 aromatic carbocycles. The molecule has 0 radical (unpaired) electrons. The summed E-state index contributed by atoms with van der Waals surface area (Å²) < 4.78 is 592. The molecule has 4 saturated heterocycles. The van der Waals surface area contributed by atoms with Crippen molar-refractivity contribution in [1.82, 2.24) is 0 Å². The second kappa shape index (κ2) is 76.0. The summed E-state index contributed by atoms with van der Waals surface area (Å²) in [4.78, 5) is 25.5. The zero-order valence-corrected chi connectivity index (χ0v) is 119. The first-order chi connectivity index (χ1) is 59.9. The molecule has 146 heavy (non-hydrogen) atoms. The minimum absolute atomic E-state index is 0. The van der Waals surface area contributed by atoms with Gasteiger partial charge in [0.2, 0.25) is 157 Å². The smallest absolute Gasteiger partial charge is 0.726 e. The van der Waals surface area contributed by atoms with Crippen LogP contribution in [0.5, 0.6) is 0 Å². The van der Waals surface area contributed by atoms with E-state index in [0.29, 0.717) is 64.2 Å². The Kier molecular flexibility index (Phi) is 90.3. The van der Waals surface area contributed by atoms with Gasteiger partial charge >= 0.3 is 414 Å². The fraction of sp³-hybridized carbons (Fsp3) is 0.720. The van der Waals surface area contributed by atoms with Crippen molar-refractivity contribution in [3.8, 4) is 0 Å². The second-order valence-corrected chi connectivity index (χ2v) is 42.9. The van der Waals surface area contributed by atoms with Gasteiger partial charge in [-0.25, -0.2) is 118 Å². The van der Waals surface area contributed by atoms with Crippen LogP contribution < -0.4 is 424 Å². The van der Waals surface area contributed by atoms with Crippen LogP contribution in [-0.2, 0) is 242 Å². The van der Waals surface area contributed by atoms with E-state index in [4.69, 9.17) is 28.4 Å². The molecule has 20 atom stereocenters. The number of anilines is 2. The topological polar surface area (TPSA) is 1040 Å². The number of ether oxygens (including phenoxy) is 6. The van der Waals surface area contributed by atoms with Crippen LogP contribution >= 0.6 is 23.5 Å². The van der Waals surface area contributed by atoms with Gasteiger partial charge in [-0.15, -0.1) is 0 Å². The number of amides is 2. The van der Waals surface area contributed by atoms with Gasteiger partial charge in [0.15, 0.2) is 24.8 Å². The molecule has 4 aliphatic heterocycles. The second-order valence-electron chi connectivity index (χ2n) is 26.3. The number of carbonyl (C=O) groups is 2. The molecule has 0 bridgehead atoms. The monoisotopic (exact) mass is 2550 g/mol. The van der Waals surface area contributed by atoms with Crippen LogP contribution in [0.1, 0.15) is 77.0 Å². The summed E-state index contributed by atoms with van der Waals surface area (Å²) in [5.74, 6) is -1.16. The van der Waals surface area contributed by atoms with E-state index in [9.17, 15) is 191 Å². The molecular weight excluding hydrogens is 2490 g/mol. The van der Waals surface area contributed by atoms with Gasteiger partial charge in [-0.2, -0.15) is 0 Å². The molecule has 0 spiro atoms. The molecule has 6 rings (SSSR count). The van der Waals surface area contributed by atoms with Gasteiger partial charge in [-0.05, 0) is 61.4 Å². The van der Waals surface area contributed by atoms with Crippen molar-refractivity contribution in [3.05, 3.63) is 48.5 Å². The van der Waals surface area contributed by atoms with Crippen LogP contribution in [0, 0.1) is 0 Å². The number of thioether (sulfide) groups is 2. The van der Waals surface area contributed by atoms with E-state index < -0.39 is 305 Å². The number of nitrogens with one attached hydrogen (secondary N) is 2. The van der Waals surface area contributed by atoms with Crippen LogP contribution in [0.25, 0.3) is 0 Å². The molecule has 766 valence electrons. The summed E-state index contributed by atoms with van der Waals surface area (Å²) in [6.07, 6.45) is -52.9. The molecule has 66 nitrogen and oxygen atoms in total. The van der Waals surface area contributed by atoms with Crippen molar-refractivity contribution in [2.75, 3.05) is 37.1 Å². The number of carbonyl (C=O) groups excluding carboxylic acids is 2. The molecule has 2 aromatic rings. The maximum atomic E-state index is 13.0. The summed E-state index contributed by atoms with van der Waals surface area (Å²) in [5, 5.41) is 5.05. The van der Waals surface area contributed by atoms with Crippen molar-refractivity contribution in [2.45, 2.75) is 208 Å². The minimum Gasteiger partial charge on any atom is -0.726 e. The number of rotatable bonds is 55. The molecule has 2 N–H and O–H groups in total. The first-order valence-electron chi connectivity index (χ1n) is 34.8. The number of hydrogen-bond acceptors (Lipinski definition) is 66. The normalized spacial score (nSPS) is 24.8. The average molecular weight is 2550 g/mol.